The Morgan fingerprint density at radius 2 is 1.72 bits per heavy atom. The molecule has 0 saturated carbocycles. The summed E-state index contributed by atoms with van der Waals surface area (Å²) in [6.07, 6.45) is 0.734. The van der Waals surface area contributed by atoms with Crippen LogP contribution < -0.4 is 10.6 Å². The molecule has 32 heavy (non-hydrogen) atoms. The quantitative estimate of drug-likeness (QED) is 0.431. The molecular formula is C25H24N4O2S. The van der Waals surface area contributed by atoms with Crippen molar-refractivity contribution in [2.45, 2.75) is 20.3 Å². The van der Waals surface area contributed by atoms with Gasteiger partial charge in [0.1, 0.15) is 0 Å². The summed E-state index contributed by atoms with van der Waals surface area (Å²) in [6.45, 7) is 4.55. The lowest BCUT2D eigenvalue weighted by Crippen LogP contribution is -2.25. The molecule has 0 spiro atoms. The molecule has 2 aromatic heterocycles. The third-order valence-corrected chi connectivity index (χ3v) is 5.91. The number of hydrogen-bond acceptors (Lipinski definition) is 4. The molecule has 4 aromatic rings. The number of nitrogens with one attached hydrogen (secondary N) is 2. The van der Waals surface area contributed by atoms with E-state index in [-0.39, 0.29) is 11.8 Å². The Kier molecular flexibility index (Phi) is 6.47. The average molecular weight is 445 g/mol. The first-order valence-corrected chi connectivity index (χ1v) is 11.2. The number of thiophene rings is 1. The third-order valence-electron chi connectivity index (χ3n) is 5.04. The zero-order valence-electron chi connectivity index (χ0n) is 18.0. The van der Waals surface area contributed by atoms with E-state index < -0.39 is 0 Å². The molecule has 162 valence electrons. The van der Waals surface area contributed by atoms with E-state index in [1.54, 1.807) is 30.3 Å². The van der Waals surface area contributed by atoms with Gasteiger partial charge in [0, 0.05) is 23.5 Å². The Balaban J connectivity index is 1.27. The minimum atomic E-state index is -0.152. The van der Waals surface area contributed by atoms with Crippen LogP contribution in [0.2, 0.25) is 0 Å². The normalized spacial score (nSPS) is 10.7. The van der Waals surface area contributed by atoms with Gasteiger partial charge in [-0.25, -0.2) is 4.68 Å². The number of anilines is 1. The highest BCUT2D eigenvalue weighted by atomic mass is 32.1. The Bertz CT molecular complexity index is 1210. The van der Waals surface area contributed by atoms with E-state index in [2.05, 4.69) is 27.9 Å². The summed E-state index contributed by atoms with van der Waals surface area (Å²) in [5, 5.41) is 12.1. The highest BCUT2D eigenvalue weighted by Crippen LogP contribution is 2.15. The van der Waals surface area contributed by atoms with E-state index in [1.807, 2.05) is 48.2 Å². The number of amides is 2. The lowest BCUT2D eigenvalue weighted by atomic mass is 10.1. The largest absolute Gasteiger partial charge is 0.352 e. The summed E-state index contributed by atoms with van der Waals surface area (Å²) in [7, 11) is 0. The van der Waals surface area contributed by atoms with Crippen molar-refractivity contribution < 1.29 is 9.59 Å². The van der Waals surface area contributed by atoms with Gasteiger partial charge in [-0.1, -0.05) is 18.2 Å². The summed E-state index contributed by atoms with van der Waals surface area (Å²) in [6, 6.07) is 20.7. The van der Waals surface area contributed by atoms with Crippen LogP contribution in [0, 0.1) is 13.8 Å². The molecule has 0 atom stereocenters. The van der Waals surface area contributed by atoms with Gasteiger partial charge in [0.2, 0.25) is 0 Å². The maximum Gasteiger partial charge on any atom is 0.265 e. The highest BCUT2D eigenvalue weighted by molar-refractivity contribution is 7.12. The fourth-order valence-corrected chi connectivity index (χ4v) is 4.04. The number of nitrogens with zero attached hydrogens (tertiary/aromatic N) is 2. The van der Waals surface area contributed by atoms with Crippen LogP contribution in [-0.2, 0) is 6.42 Å². The van der Waals surface area contributed by atoms with Gasteiger partial charge >= 0.3 is 0 Å². The topological polar surface area (TPSA) is 76.0 Å². The van der Waals surface area contributed by atoms with Crippen LogP contribution in [0.3, 0.4) is 0 Å². The van der Waals surface area contributed by atoms with Gasteiger partial charge < -0.3 is 10.6 Å². The van der Waals surface area contributed by atoms with E-state index >= 15 is 0 Å². The van der Waals surface area contributed by atoms with Crippen molar-refractivity contribution in [1.29, 1.82) is 0 Å². The summed E-state index contributed by atoms with van der Waals surface area (Å²) in [4.78, 5) is 25.2. The molecule has 2 N–H and O–H groups in total. The number of aromatic nitrogens is 2. The van der Waals surface area contributed by atoms with Crippen LogP contribution >= 0.6 is 11.3 Å². The fraction of sp³-hybridized carbons (Fsp3) is 0.160. The van der Waals surface area contributed by atoms with Crippen molar-refractivity contribution >= 4 is 28.8 Å². The maximum atomic E-state index is 12.4. The van der Waals surface area contributed by atoms with E-state index in [0.29, 0.717) is 22.7 Å². The predicted octanol–water partition coefficient (Wildman–Crippen LogP) is 4.78. The minimum absolute atomic E-state index is 0.139. The lowest BCUT2D eigenvalue weighted by Gasteiger charge is -2.08. The van der Waals surface area contributed by atoms with Crippen molar-refractivity contribution in [3.05, 3.63) is 99.5 Å². The number of carbonyl (C=O) groups is 2. The zero-order chi connectivity index (χ0) is 22.5. The number of benzene rings is 2. The molecule has 2 aromatic carbocycles. The standard InChI is InChI=1S/C25H24N4O2S/c1-17-16-18(2)29(28-17)22-11-5-19(6-12-22)13-14-26-24(30)20-7-9-21(10-8-20)27-25(31)23-4-3-15-32-23/h3-12,15-16H,13-14H2,1-2H3,(H,26,30)(H,27,31). The van der Waals surface area contributed by atoms with Crippen LogP contribution in [0.25, 0.3) is 5.69 Å². The predicted molar refractivity (Wildman–Crippen MR) is 128 cm³/mol. The van der Waals surface area contributed by atoms with Crippen molar-refractivity contribution in [2.75, 3.05) is 11.9 Å². The van der Waals surface area contributed by atoms with Gasteiger partial charge in [-0.05, 0) is 79.7 Å². The molecule has 7 heteroatoms. The number of hydrogen-bond donors (Lipinski definition) is 2. The first-order chi connectivity index (χ1) is 15.5. The Labute approximate surface area is 190 Å². The van der Waals surface area contributed by atoms with Gasteiger partial charge in [0.05, 0.1) is 16.3 Å². The first-order valence-electron chi connectivity index (χ1n) is 10.4. The maximum absolute atomic E-state index is 12.4. The van der Waals surface area contributed by atoms with E-state index in [4.69, 9.17) is 0 Å². The first kappa shape index (κ1) is 21.5. The van der Waals surface area contributed by atoms with E-state index in [0.717, 1.165) is 29.1 Å². The summed E-state index contributed by atoms with van der Waals surface area (Å²) < 4.78 is 1.92. The Morgan fingerprint density at radius 3 is 2.34 bits per heavy atom. The van der Waals surface area contributed by atoms with Crippen LogP contribution in [0.1, 0.15) is 37.0 Å². The monoisotopic (exact) mass is 444 g/mol. The minimum Gasteiger partial charge on any atom is -0.352 e. The Hall–Kier alpha value is -3.71. The lowest BCUT2D eigenvalue weighted by molar-refractivity contribution is 0.0953. The van der Waals surface area contributed by atoms with Gasteiger partial charge in [0.25, 0.3) is 11.8 Å². The van der Waals surface area contributed by atoms with Gasteiger partial charge in [-0.15, -0.1) is 11.3 Å². The molecule has 4 rings (SSSR count). The molecule has 0 aliphatic carbocycles. The molecule has 0 bridgehead atoms. The number of carbonyl (C=O) groups excluding carboxylic acids is 2. The van der Waals surface area contributed by atoms with Gasteiger partial charge in [0.15, 0.2) is 0 Å². The summed E-state index contributed by atoms with van der Waals surface area (Å²) >= 11 is 1.39. The molecule has 0 unspecified atom stereocenters. The molecule has 0 saturated heterocycles. The highest BCUT2D eigenvalue weighted by Gasteiger charge is 2.09. The second kappa shape index (κ2) is 9.62. The number of rotatable bonds is 7. The third kappa shape index (κ3) is 5.12. The molecule has 0 aliphatic heterocycles. The van der Waals surface area contributed by atoms with Gasteiger partial charge in [-0.2, -0.15) is 5.10 Å². The van der Waals surface area contributed by atoms with Gasteiger partial charge in [-0.3, -0.25) is 9.59 Å². The van der Waals surface area contributed by atoms with Crippen molar-refractivity contribution in [1.82, 2.24) is 15.1 Å². The second-order valence-corrected chi connectivity index (χ2v) is 8.47. The summed E-state index contributed by atoms with van der Waals surface area (Å²) in [5.74, 6) is -0.290. The molecule has 2 amide bonds. The molecular weight excluding hydrogens is 420 g/mol. The second-order valence-electron chi connectivity index (χ2n) is 7.52. The summed E-state index contributed by atoms with van der Waals surface area (Å²) in [5.41, 5.74) is 5.46. The van der Waals surface area contributed by atoms with Crippen molar-refractivity contribution in [2.24, 2.45) is 0 Å². The molecule has 0 fully saturated rings. The average Bonchev–Trinajstić information content (AvgIpc) is 3.44. The SMILES string of the molecule is Cc1cc(C)n(-c2ccc(CCNC(=O)c3ccc(NC(=O)c4cccs4)cc3)cc2)n1. The van der Waals surface area contributed by atoms with Crippen LogP contribution in [0.15, 0.2) is 72.1 Å². The number of aryl methyl sites for hydroxylation is 2. The van der Waals surface area contributed by atoms with Crippen LogP contribution in [-0.4, -0.2) is 28.1 Å². The zero-order valence-corrected chi connectivity index (χ0v) is 18.8. The Morgan fingerprint density at radius 1 is 0.969 bits per heavy atom. The molecule has 6 nitrogen and oxygen atoms in total. The van der Waals surface area contributed by atoms with Crippen molar-refractivity contribution in [3.8, 4) is 5.69 Å². The smallest absolute Gasteiger partial charge is 0.265 e. The van der Waals surface area contributed by atoms with Crippen LogP contribution in [0.4, 0.5) is 5.69 Å². The van der Waals surface area contributed by atoms with Crippen LogP contribution in [0.5, 0.6) is 0 Å². The van der Waals surface area contributed by atoms with E-state index in [9.17, 15) is 9.59 Å². The van der Waals surface area contributed by atoms with E-state index in [1.165, 1.54) is 11.3 Å². The fourth-order valence-electron chi connectivity index (χ4n) is 3.42. The molecule has 2 heterocycles. The molecule has 0 aliphatic rings. The van der Waals surface area contributed by atoms with Crippen molar-refractivity contribution in [3.63, 3.8) is 0 Å². The molecule has 0 radical (unpaired) electrons.